The molecule has 0 aliphatic rings. The maximum Gasteiger partial charge on any atom is 0.159 e. The highest BCUT2D eigenvalue weighted by Crippen LogP contribution is 2.18. The molecule has 0 fully saturated rings. The van der Waals surface area contributed by atoms with Crippen molar-refractivity contribution in [1.29, 1.82) is 0 Å². The number of benzene rings is 1. The molecule has 0 nitrogen and oxygen atoms in total. The fourth-order valence-electron chi connectivity index (χ4n) is 1.21. The molecule has 0 saturated heterocycles. The SMILES string of the molecule is C/C=C/C(=C\C)c1ccc(F)c(F)c1. The molecule has 0 unspecified atom stereocenters. The Bertz CT molecular complexity index is 376. The van der Waals surface area contributed by atoms with Gasteiger partial charge in [0, 0.05) is 0 Å². The third-order valence-corrected chi connectivity index (χ3v) is 1.91. The predicted molar refractivity (Wildman–Crippen MR) is 54.8 cm³/mol. The highest BCUT2D eigenvalue weighted by molar-refractivity contribution is 5.73. The first-order valence-corrected chi connectivity index (χ1v) is 4.43. The number of allylic oxidation sites excluding steroid dienone is 4. The van der Waals surface area contributed by atoms with E-state index in [1.54, 1.807) is 6.07 Å². The van der Waals surface area contributed by atoms with Crippen LogP contribution in [0.3, 0.4) is 0 Å². The first kappa shape index (κ1) is 10.6. The lowest BCUT2D eigenvalue weighted by atomic mass is 10.1. The van der Waals surface area contributed by atoms with Crippen LogP contribution in [0.5, 0.6) is 0 Å². The van der Waals surface area contributed by atoms with Crippen molar-refractivity contribution in [2.24, 2.45) is 0 Å². The third kappa shape index (κ3) is 2.28. The van der Waals surface area contributed by atoms with Gasteiger partial charge in [0.1, 0.15) is 0 Å². The Morgan fingerprint density at radius 2 is 1.86 bits per heavy atom. The smallest absolute Gasteiger partial charge is 0.159 e. The van der Waals surface area contributed by atoms with E-state index in [0.717, 1.165) is 11.6 Å². The van der Waals surface area contributed by atoms with E-state index < -0.39 is 11.6 Å². The van der Waals surface area contributed by atoms with Crippen molar-refractivity contribution in [3.8, 4) is 0 Å². The molecule has 0 aromatic heterocycles. The molecule has 0 amide bonds. The van der Waals surface area contributed by atoms with Gasteiger partial charge in [-0.3, -0.25) is 0 Å². The molecular weight excluding hydrogens is 182 g/mol. The van der Waals surface area contributed by atoms with Crippen LogP contribution in [0.1, 0.15) is 19.4 Å². The second kappa shape index (κ2) is 4.70. The Morgan fingerprint density at radius 3 is 2.36 bits per heavy atom. The molecule has 0 saturated carbocycles. The van der Waals surface area contributed by atoms with Gasteiger partial charge in [0.05, 0.1) is 0 Å². The Hall–Kier alpha value is -1.44. The van der Waals surface area contributed by atoms with Crippen molar-refractivity contribution in [3.63, 3.8) is 0 Å². The second-order valence-electron chi connectivity index (χ2n) is 2.87. The highest BCUT2D eigenvalue weighted by atomic mass is 19.2. The van der Waals surface area contributed by atoms with Gasteiger partial charge in [0.25, 0.3) is 0 Å². The summed E-state index contributed by atoms with van der Waals surface area (Å²) in [5.74, 6) is -1.63. The van der Waals surface area contributed by atoms with Gasteiger partial charge >= 0.3 is 0 Å². The fourth-order valence-corrected chi connectivity index (χ4v) is 1.21. The first-order chi connectivity index (χ1) is 6.69. The average Bonchev–Trinajstić information content (AvgIpc) is 2.19. The summed E-state index contributed by atoms with van der Waals surface area (Å²) < 4.78 is 25.5. The molecule has 0 N–H and O–H groups in total. The van der Waals surface area contributed by atoms with Crippen LogP contribution in [0.4, 0.5) is 8.78 Å². The summed E-state index contributed by atoms with van der Waals surface area (Å²) in [6.45, 7) is 3.74. The predicted octanol–water partition coefficient (Wildman–Crippen LogP) is 3.94. The summed E-state index contributed by atoms with van der Waals surface area (Å²) in [4.78, 5) is 0. The Labute approximate surface area is 82.6 Å². The summed E-state index contributed by atoms with van der Waals surface area (Å²) in [5, 5.41) is 0. The van der Waals surface area contributed by atoms with E-state index in [2.05, 4.69) is 0 Å². The summed E-state index contributed by atoms with van der Waals surface area (Å²) in [6.07, 6.45) is 5.57. The van der Waals surface area contributed by atoms with E-state index in [0.29, 0.717) is 5.56 Å². The minimum Gasteiger partial charge on any atom is -0.204 e. The average molecular weight is 194 g/mol. The zero-order valence-corrected chi connectivity index (χ0v) is 8.22. The highest BCUT2D eigenvalue weighted by Gasteiger charge is 2.03. The first-order valence-electron chi connectivity index (χ1n) is 4.43. The normalized spacial score (nSPS) is 12.4. The summed E-state index contributed by atoms with van der Waals surface area (Å²) in [6, 6.07) is 3.90. The number of hydrogen-bond donors (Lipinski definition) is 0. The molecule has 0 atom stereocenters. The molecule has 0 radical (unpaired) electrons. The van der Waals surface area contributed by atoms with Crippen molar-refractivity contribution in [1.82, 2.24) is 0 Å². The minimum absolute atomic E-state index is 0.685. The zero-order valence-electron chi connectivity index (χ0n) is 8.22. The maximum atomic E-state index is 12.9. The van der Waals surface area contributed by atoms with E-state index in [1.807, 2.05) is 32.1 Å². The summed E-state index contributed by atoms with van der Waals surface area (Å²) in [7, 11) is 0. The van der Waals surface area contributed by atoms with E-state index in [-0.39, 0.29) is 0 Å². The van der Waals surface area contributed by atoms with E-state index >= 15 is 0 Å². The monoisotopic (exact) mass is 194 g/mol. The van der Waals surface area contributed by atoms with Crippen molar-refractivity contribution >= 4 is 5.57 Å². The quantitative estimate of drug-likeness (QED) is 0.625. The van der Waals surface area contributed by atoms with E-state index in [9.17, 15) is 8.78 Å². The number of hydrogen-bond acceptors (Lipinski definition) is 0. The van der Waals surface area contributed by atoms with Gasteiger partial charge in [-0.05, 0) is 37.1 Å². The van der Waals surface area contributed by atoms with Crippen molar-refractivity contribution in [2.45, 2.75) is 13.8 Å². The molecule has 0 aliphatic carbocycles. The molecular formula is C12H12F2. The van der Waals surface area contributed by atoms with Crippen LogP contribution in [0.25, 0.3) is 5.57 Å². The van der Waals surface area contributed by atoms with Gasteiger partial charge in [0.15, 0.2) is 11.6 Å². The van der Waals surface area contributed by atoms with Gasteiger partial charge < -0.3 is 0 Å². The van der Waals surface area contributed by atoms with E-state index in [1.165, 1.54) is 6.07 Å². The van der Waals surface area contributed by atoms with Gasteiger partial charge in [-0.25, -0.2) is 8.78 Å². The number of halogens is 2. The fraction of sp³-hybridized carbons (Fsp3) is 0.167. The van der Waals surface area contributed by atoms with Crippen LogP contribution >= 0.6 is 0 Å². The lowest BCUT2D eigenvalue weighted by Gasteiger charge is -2.02. The van der Waals surface area contributed by atoms with Crippen LogP contribution in [0, 0.1) is 11.6 Å². The second-order valence-corrected chi connectivity index (χ2v) is 2.87. The Balaban J connectivity index is 3.13. The molecule has 0 heterocycles. The standard InChI is InChI=1S/C12H12F2/c1-3-5-9(4-2)10-6-7-11(13)12(14)8-10/h3-8H,1-2H3/b5-3+,9-4+. The van der Waals surface area contributed by atoms with Crippen molar-refractivity contribution in [3.05, 3.63) is 53.6 Å². The lowest BCUT2D eigenvalue weighted by molar-refractivity contribution is 0.508. The summed E-state index contributed by atoms with van der Waals surface area (Å²) >= 11 is 0. The molecule has 1 aromatic rings. The molecule has 74 valence electrons. The topological polar surface area (TPSA) is 0 Å². The Kier molecular flexibility index (Phi) is 3.57. The lowest BCUT2D eigenvalue weighted by Crippen LogP contribution is -1.87. The van der Waals surface area contributed by atoms with Crippen LogP contribution in [0.2, 0.25) is 0 Å². The number of rotatable bonds is 2. The van der Waals surface area contributed by atoms with E-state index in [4.69, 9.17) is 0 Å². The van der Waals surface area contributed by atoms with Crippen molar-refractivity contribution in [2.75, 3.05) is 0 Å². The molecule has 0 spiro atoms. The van der Waals surface area contributed by atoms with Crippen LogP contribution < -0.4 is 0 Å². The van der Waals surface area contributed by atoms with Crippen molar-refractivity contribution < 1.29 is 8.78 Å². The molecule has 2 heteroatoms. The molecule has 0 bridgehead atoms. The Morgan fingerprint density at radius 1 is 1.14 bits per heavy atom. The van der Waals surface area contributed by atoms with Crippen LogP contribution in [0.15, 0.2) is 36.4 Å². The van der Waals surface area contributed by atoms with Crippen LogP contribution in [-0.2, 0) is 0 Å². The summed E-state index contributed by atoms with van der Waals surface area (Å²) in [5.41, 5.74) is 1.57. The van der Waals surface area contributed by atoms with Gasteiger partial charge in [-0.15, -0.1) is 0 Å². The molecule has 14 heavy (non-hydrogen) atoms. The zero-order chi connectivity index (χ0) is 10.6. The van der Waals surface area contributed by atoms with Gasteiger partial charge in [-0.1, -0.05) is 24.3 Å². The molecule has 1 aromatic carbocycles. The van der Waals surface area contributed by atoms with Crippen LogP contribution in [-0.4, -0.2) is 0 Å². The third-order valence-electron chi connectivity index (χ3n) is 1.91. The minimum atomic E-state index is -0.815. The molecule has 1 rings (SSSR count). The van der Waals surface area contributed by atoms with Gasteiger partial charge in [0.2, 0.25) is 0 Å². The van der Waals surface area contributed by atoms with Gasteiger partial charge in [-0.2, -0.15) is 0 Å². The maximum absolute atomic E-state index is 12.9. The molecule has 0 aliphatic heterocycles. The largest absolute Gasteiger partial charge is 0.204 e.